The molecular weight excluding hydrogens is 254 g/mol. The van der Waals surface area contributed by atoms with Gasteiger partial charge in [-0.15, -0.1) is 0 Å². The summed E-state index contributed by atoms with van der Waals surface area (Å²) in [5, 5.41) is 12.8. The van der Waals surface area contributed by atoms with Gasteiger partial charge in [-0.3, -0.25) is 4.90 Å². The van der Waals surface area contributed by atoms with E-state index in [1.807, 2.05) is 25.2 Å². The third-order valence-corrected chi connectivity index (χ3v) is 3.71. The van der Waals surface area contributed by atoms with E-state index in [9.17, 15) is 5.11 Å². The second-order valence-corrected chi connectivity index (χ2v) is 5.17. The summed E-state index contributed by atoms with van der Waals surface area (Å²) in [6, 6.07) is 8.14. The lowest BCUT2D eigenvalue weighted by molar-refractivity contribution is 0.109. The SMILES string of the molecule is CNC[C@@H](O)CN1CCN(c2ccccc2OC)CC1. The van der Waals surface area contributed by atoms with Crippen LogP contribution in [0.1, 0.15) is 0 Å². The van der Waals surface area contributed by atoms with Crippen molar-refractivity contribution in [3.63, 3.8) is 0 Å². The molecule has 1 aromatic rings. The highest BCUT2D eigenvalue weighted by Gasteiger charge is 2.20. The Balaban J connectivity index is 1.88. The van der Waals surface area contributed by atoms with Gasteiger partial charge in [-0.05, 0) is 19.2 Å². The number of aliphatic hydroxyl groups is 1. The largest absolute Gasteiger partial charge is 0.495 e. The van der Waals surface area contributed by atoms with Gasteiger partial charge in [0.1, 0.15) is 5.75 Å². The number of nitrogens with one attached hydrogen (secondary N) is 1. The second-order valence-electron chi connectivity index (χ2n) is 5.17. The molecule has 0 bridgehead atoms. The summed E-state index contributed by atoms with van der Waals surface area (Å²) >= 11 is 0. The van der Waals surface area contributed by atoms with Gasteiger partial charge < -0.3 is 20.1 Å². The summed E-state index contributed by atoms with van der Waals surface area (Å²) in [7, 11) is 3.58. The Morgan fingerprint density at radius 2 is 1.95 bits per heavy atom. The first-order valence-electron chi connectivity index (χ1n) is 7.17. The van der Waals surface area contributed by atoms with Crippen LogP contribution >= 0.6 is 0 Å². The topological polar surface area (TPSA) is 48.0 Å². The van der Waals surface area contributed by atoms with Crippen LogP contribution in [0, 0.1) is 0 Å². The predicted molar refractivity (Wildman–Crippen MR) is 81.6 cm³/mol. The van der Waals surface area contributed by atoms with Crippen LogP contribution in [-0.2, 0) is 0 Å². The minimum absolute atomic E-state index is 0.294. The number of aliphatic hydroxyl groups excluding tert-OH is 1. The van der Waals surface area contributed by atoms with E-state index in [0.29, 0.717) is 6.54 Å². The zero-order valence-corrected chi connectivity index (χ0v) is 12.4. The summed E-state index contributed by atoms with van der Waals surface area (Å²) in [5.41, 5.74) is 1.16. The zero-order valence-electron chi connectivity index (χ0n) is 12.4. The third kappa shape index (κ3) is 3.85. The van der Waals surface area contributed by atoms with Gasteiger partial charge in [-0.1, -0.05) is 12.1 Å². The van der Waals surface area contributed by atoms with E-state index in [2.05, 4.69) is 21.2 Å². The first kappa shape index (κ1) is 15.1. The zero-order chi connectivity index (χ0) is 14.4. The molecule has 1 fully saturated rings. The fourth-order valence-electron chi connectivity index (χ4n) is 2.66. The van der Waals surface area contributed by atoms with Gasteiger partial charge in [-0.2, -0.15) is 0 Å². The Morgan fingerprint density at radius 3 is 2.60 bits per heavy atom. The first-order valence-corrected chi connectivity index (χ1v) is 7.17. The fraction of sp³-hybridized carbons (Fsp3) is 0.600. The lowest BCUT2D eigenvalue weighted by atomic mass is 10.2. The number of methoxy groups -OCH3 is 1. The number of anilines is 1. The fourth-order valence-corrected chi connectivity index (χ4v) is 2.66. The van der Waals surface area contributed by atoms with E-state index < -0.39 is 0 Å². The number of para-hydroxylation sites is 2. The van der Waals surface area contributed by atoms with Gasteiger partial charge in [0.05, 0.1) is 18.9 Å². The maximum atomic E-state index is 9.83. The lowest BCUT2D eigenvalue weighted by Crippen LogP contribution is -2.49. The maximum Gasteiger partial charge on any atom is 0.142 e. The van der Waals surface area contributed by atoms with Crippen LogP contribution in [-0.4, -0.2) is 69.5 Å². The standard InChI is InChI=1S/C15H25N3O2/c1-16-11-13(19)12-17-7-9-18(10-8-17)14-5-3-4-6-15(14)20-2/h3-6,13,16,19H,7-12H2,1-2H3/t13-/m1/s1. The molecule has 0 spiro atoms. The molecule has 5 nitrogen and oxygen atoms in total. The van der Waals surface area contributed by atoms with Crippen molar-refractivity contribution < 1.29 is 9.84 Å². The summed E-state index contributed by atoms with van der Waals surface area (Å²) in [6.07, 6.45) is -0.294. The average Bonchev–Trinajstić information content (AvgIpc) is 2.48. The molecule has 1 saturated heterocycles. The van der Waals surface area contributed by atoms with E-state index in [1.54, 1.807) is 7.11 Å². The van der Waals surface area contributed by atoms with E-state index in [1.165, 1.54) is 0 Å². The molecular formula is C15H25N3O2. The molecule has 112 valence electrons. The molecule has 0 unspecified atom stereocenters. The van der Waals surface area contributed by atoms with Gasteiger partial charge in [0.25, 0.3) is 0 Å². The molecule has 1 heterocycles. The van der Waals surface area contributed by atoms with Crippen LogP contribution in [0.25, 0.3) is 0 Å². The smallest absolute Gasteiger partial charge is 0.142 e. The highest BCUT2D eigenvalue weighted by atomic mass is 16.5. The van der Waals surface area contributed by atoms with E-state index in [0.717, 1.165) is 44.2 Å². The van der Waals surface area contributed by atoms with Crippen LogP contribution in [0.3, 0.4) is 0 Å². The maximum absolute atomic E-state index is 9.83. The van der Waals surface area contributed by atoms with Crippen LogP contribution < -0.4 is 15.0 Å². The molecule has 2 N–H and O–H groups in total. The Morgan fingerprint density at radius 1 is 1.25 bits per heavy atom. The number of hydrogen-bond acceptors (Lipinski definition) is 5. The van der Waals surface area contributed by atoms with Crippen molar-refractivity contribution in [3.05, 3.63) is 24.3 Å². The molecule has 0 radical (unpaired) electrons. The van der Waals surface area contributed by atoms with Crippen LogP contribution in [0.4, 0.5) is 5.69 Å². The molecule has 20 heavy (non-hydrogen) atoms. The minimum atomic E-state index is -0.294. The Hall–Kier alpha value is -1.30. The van der Waals surface area contributed by atoms with Crippen molar-refractivity contribution in [2.45, 2.75) is 6.10 Å². The molecule has 0 amide bonds. The van der Waals surface area contributed by atoms with Crippen LogP contribution in [0.2, 0.25) is 0 Å². The number of likely N-dealkylation sites (N-methyl/N-ethyl adjacent to an activating group) is 1. The second kappa shape index (κ2) is 7.47. The van der Waals surface area contributed by atoms with Crippen molar-refractivity contribution in [1.82, 2.24) is 10.2 Å². The van der Waals surface area contributed by atoms with Crippen molar-refractivity contribution in [3.8, 4) is 5.75 Å². The van der Waals surface area contributed by atoms with Crippen molar-refractivity contribution >= 4 is 5.69 Å². The normalized spacial score (nSPS) is 18.1. The molecule has 1 atom stereocenters. The summed E-state index contributed by atoms with van der Waals surface area (Å²) in [6.45, 7) is 5.25. The number of hydrogen-bond donors (Lipinski definition) is 2. The van der Waals surface area contributed by atoms with Crippen molar-refractivity contribution in [2.24, 2.45) is 0 Å². The predicted octanol–water partition coefficient (Wildman–Crippen LogP) is 0.398. The molecule has 5 heteroatoms. The average molecular weight is 279 g/mol. The lowest BCUT2D eigenvalue weighted by Gasteiger charge is -2.37. The number of ether oxygens (including phenoxy) is 1. The highest BCUT2D eigenvalue weighted by molar-refractivity contribution is 5.58. The first-order chi connectivity index (χ1) is 9.74. The molecule has 0 aliphatic carbocycles. The van der Waals surface area contributed by atoms with Gasteiger partial charge >= 0.3 is 0 Å². The Bertz CT molecular complexity index is 406. The third-order valence-electron chi connectivity index (χ3n) is 3.71. The summed E-state index contributed by atoms with van der Waals surface area (Å²) in [4.78, 5) is 4.66. The van der Waals surface area contributed by atoms with Gasteiger partial charge in [0.2, 0.25) is 0 Å². The number of benzene rings is 1. The van der Waals surface area contributed by atoms with Crippen LogP contribution in [0.15, 0.2) is 24.3 Å². The van der Waals surface area contributed by atoms with Gasteiger partial charge in [-0.25, -0.2) is 0 Å². The molecule has 2 rings (SSSR count). The molecule has 1 aromatic carbocycles. The van der Waals surface area contributed by atoms with Crippen molar-refractivity contribution in [2.75, 3.05) is 58.3 Å². The van der Waals surface area contributed by atoms with E-state index in [4.69, 9.17) is 4.74 Å². The van der Waals surface area contributed by atoms with Crippen LogP contribution in [0.5, 0.6) is 5.75 Å². The number of β-amino-alcohol motifs (C(OH)–C–C–N with tert-alkyl or cyclic N) is 1. The van der Waals surface area contributed by atoms with Gasteiger partial charge in [0, 0.05) is 39.3 Å². The van der Waals surface area contributed by atoms with Crippen molar-refractivity contribution in [1.29, 1.82) is 0 Å². The molecule has 1 aliphatic rings. The number of piperazine rings is 1. The molecule has 1 aliphatic heterocycles. The quantitative estimate of drug-likeness (QED) is 0.789. The van der Waals surface area contributed by atoms with E-state index in [-0.39, 0.29) is 6.10 Å². The van der Waals surface area contributed by atoms with E-state index >= 15 is 0 Å². The summed E-state index contributed by atoms with van der Waals surface area (Å²) < 4.78 is 5.42. The number of nitrogens with zero attached hydrogens (tertiary/aromatic N) is 2. The summed E-state index contributed by atoms with van der Waals surface area (Å²) in [5.74, 6) is 0.927. The monoisotopic (exact) mass is 279 g/mol. The van der Waals surface area contributed by atoms with Gasteiger partial charge in [0.15, 0.2) is 0 Å². The highest BCUT2D eigenvalue weighted by Crippen LogP contribution is 2.28. The molecule has 0 saturated carbocycles. The number of rotatable bonds is 6. The molecule has 0 aromatic heterocycles. The Kier molecular flexibility index (Phi) is 5.64. The minimum Gasteiger partial charge on any atom is -0.495 e. The Labute approximate surface area is 121 Å².